The Morgan fingerprint density at radius 3 is 2.68 bits per heavy atom. The molecule has 5 heteroatoms. The maximum Gasteiger partial charge on any atom is 0.316 e. The van der Waals surface area contributed by atoms with Crippen molar-refractivity contribution in [1.82, 2.24) is 10.6 Å². The van der Waals surface area contributed by atoms with Gasteiger partial charge in [-0.1, -0.05) is 32.1 Å². The third kappa shape index (κ3) is 4.82. The van der Waals surface area contributed by atoms with Gasteiger partial charge in [0.2, 0.25) is 0 Å². The van der Waals surface area contributed by atoms with E-state index in [1.165, 1.54) is 0 Å². The van der Waals surface area contributed by atoms with Crippen molar-refractivity contribution in [2.45, 2.75) is 57.5 Å². The second kappa shape index (κ2) is 7.67. The molecule has 0 aromatic heterocycles. The van der Waals surface area contributed by atoms with Crippen molar-refractivity contribution in [3.05, 3.63) is 0 Å². The number of carbonyl (C=O) groups is 2. The van der Waals surface area contributed by atoms with Crippen LogP contribution in [0.25, 0.3) is 0 Å². The van der Waals surface area contributed by atoms with Gasteiger partial charge in [0.15, 0.2) is 0 Å². The number of hydrogen-bond donors (Lipinski definition) is 3. The molecule has 0 aliphatic heterocycles. The van der Waals surface area contributed by atoms with Crippen LogP contribution < -0.4 is 10.6 Å². The van der Waals surface area contributed by atoms with E-state index in [-0.39, 0.29) is 18.1 Å². The molecular weight excluding hydrogens is 244 g/mol. The molecule has 0 aromatic rings. The van der Waals surface area contributed by atoms with Crippen LogP contribution in [0.15, 0.2) is 0 Å². The van der Waals surface area contributed by atoms with E-state index in [0.717, 1.165) is 25.7 Å². The Bertz CT molecular complexity index is 362. The molecule has 1 rings (SSSR count). The highest BCUT2D eigenvalue weighted by Gasteiger charge is 2.31. The van der Waals surface area contributed by atoms with Gasteiger partial charge >= 0.3 is 12.0 Å². The van der Waals surface area contributed by atoms with Gasteiger partial charge in [0.05, 0.1) is 12.0 Å². The van der Waals surface area contributed by atoms with E-state index in [1.54, 1.807) is 0 Å². The SMILES string of the molecule is C#CC(CCC)NC(=O)NC1CCCCC1C(=O)O. The molecule has 1 aliphatic rings. The van der Waals surface area contributed by atoms with Gasteiger partial charge in [0.25, 0.3) is 0 Å². The van der Waals surface area contributed by atoms with Crippen molar-refractivity contribution in [2.75, 3.05) is 0 Å². The summed E-state index contributed by atoms with van der Waals surface area (Å²) in [7, 11) is 0. The van der Waals surface area contributed by atoms with Gasteiger partial charge in [0, 0.05) is 6.04 Å². The minimum Gasteiger partial charge on any atom is -0.481 e. The lowest BCUT2D eigenvalue weighted by Crippen LogP contribution is -2.50. The standard InChI is InChI=1S/C14H22N2O3/c1-3-7-10(4-2)15-14(19)16-12-9-6-5-8-11(12)13(17)18/h2,10-12H,3,5-9H2,1H3,(H,17,18)(H2,15,16,19). The molecule has 3 atom stereocenters. The van der Waals surface area contributed by atoms with Crippen molar-refractivity contribution in [2.24, 2.45) is 5.92 Å². The van der Waals surface area contributed by atoms with E-state index in [4.69, 9.17) is 11.5 Å². The van der Waals surface area contributed by atoms with Crippen LogP contribution in [0.1, 0.15) is 45.4 Å². The van der Waals surface area contributed by atoms with Crippen LogP contribution in [0.5, 0.6) is 0 Å². The molecule has 2 amide bonds. The second-order valence-electron chi connectivity index (χ2n) is 4.96. The summed E-state index contributed by atoms with van der Waals surface area (Å²) in [5, 5.41) is 14.6. The molecule has 106 valence electrons. The first-order valence-electron chi connectivity index (χ1n) is 6.84. The maximum atomic E-state index is 11.8. The lowest BCUT2D eigenvalue weighted by Gasteiger charge is -2.29. The minimum atomic E-state index is -0.841. The van der Waals surface area contributed by atoms with E-state index in [0.29, 0.717) is 12.8 Å². The average molecular weight is 266 g/mol. The van der Waals surface area contributed by atoms with Crippen LogP contribution in [0.2, 0.25) is 0 Å². The van der Waals surface area contributed by atoms with Gasteiger partial charge in [-0.25, -0.2) is 4.79 Å². The minimum absolute atomic E-state index is 0.295. The number of rotatable bonds is 5. The number of aliphatic carboxylic acids is 1. The Hall–Kier alpha value is -1.70. The first-order valence-corrected chi connectivity index (χ1v) is 6.84. The summed E-state index contributed by atoms with van der Waals surface area (Å²) in [5.74, 6) is 1.19. The highest BCUT2D eigenvalue weighted by molar-refractivity contribution is 5.77. The first-order chi connectivity index (χ1) is 9.08. The molecule has 0 bridgehead atoms. The lowest BCUT2D eigenvalue weighted by atomic mass is 9.84. The summed E-state index contributed by atoms with van der Waals surface area (Å²) >= 11 is 0. The van der Waals surface area contributed by atoms with Crippen LogP contribution >= 0.6 is 0 Å². The number of carboxylic acid groups (broad SMARTS) is 1. The van der Waals surface area contributed by atoms with Crippen molar-refractivity contribution in [3.8, 4) is 12.3 Å². The summed E-state index contributed by atoms with van der Waals surface area (Å²) in [4.78, 5) is 22.9. The fourth-order valence-electron chi connectivity index (χ4n) is 2.45. The smallest absolute Gasteiger partial charge is 0.316 e. The van der Waals surface area contributed by atoms with Gasteiger partial charge in [-0.15, -0.1) is 6.42 Å². The van der Waals surface area contributed by atoms with Gasteiger partial charge in [-0.05, 0) is 19.3 Å². The Morgan fingerprint density at radius 2 is 2.11 bits per heavy atom. The fraction of sp³-hybridized carbons (Fsp3) is 0.714. The molecule has 0 radical (unpaired) electrons. The van der Waals surface area contributed by atoms with Crippen molar-refractivity contribution in [3.63, 3.8) is 0 Å². The van der Waals surface area contributed by atoms with Crippen LogP contribution in [-0.2, 0) is 4.79 Å². The number of nitrogens with one attached hydrogen (secondary N) is 2. The zero-order valence-electron chi connectivity index (χ0n) is 11.3. The van der Waals surface area contributed by atoms with E-state index in [2.05, 4.69) is 16.6 Å². The largest absolute Gasteiger partial charge is 0.481 e. The molecule has 5 nitrogen and oxygen atoms in total. The molecule has 0 aromatic carbocycles. The van der Waals surface area contributed by atoms with E-state index in [9.17, 15) is 9.59 Å². The van der Waals surface area contributed by atoms with Gasteiger partial charge in [-0.2, -0.15) is 0 Å². The normalized spacial score (nSPS) is 24.0. The number of hydrogen-bond acceptors (Lipinski definition) is 2. The zero-order chi connectivity index (χ0) is 14.3. The van der Waals surface area contributed by atoms with E-state index >= 15 is 0 Å². The molecule has 3 N–H and O–H groups in total. The third-order valence-corrected chi connectivity index (χ3v) is 3.48. The van der Waals surface area contributed by atoms with Gasteiger partial charge < -0.3 is 15.7 Å². The number of amides is 2. The summed E-state index contributed by atoms with van der Waals surface area (Å²) in [6.45, 7) is 1.99. The predicted octanol–water partition coefficient (Wildman–Crippen LogP) is 1.73. The number of urea groups is 1. The highest BCUT2D eigenvalue weighted by atomic mass is 16.4. The zero-order valence-corrected chi connectivity index (χ0v) is 11.3. The molecule has 0 heterocycles. The molecular formula is C14H22N2O3. The van der Waals surface area contributed by atoms with E-state index < -0.39 is 11.9 Å². The Balaban J connectivity index is 2.50. The second-order valence-corrected chi connectivity index (χ2v) is 4.96. The van der Waals surface area contributed by atoms with Crippen molar-refractivity contribution >= 4 is 12.0 Å². The maximum absolute atomic E-state index is 11.8. The van der Waals surface area contributed by atoms with Crippen molar-refractivity contribution in [1.29, 1.82) is 0 Å². The number of carbonyl (C=O) groups excluding carboxylic acids is 1. The quantitative estimate of drug-likeness (QED) is 0.663. The Kier molecular flexibility index (Phi) is 6.20. The number of terminal acetylenes is 1. The average Bonchev–Trinajstić information content (AvgIpc) is 2.38. The Morgan fingerprint density at radius 1 is 1.42 bits per heavy atom. The van der Waals surface area contributed by atoms with Gasteiger partial charge in [-0.3, -0.25) is 4.79 Å². The summed E-state index contributed by atoms with van der Waals surface area (Å²) in [5.41, 5.74) is 0. The van der Waals surface area contributed by atoms with Crippen LogP contribution in [0.3, 0.4) is 0 Å². The summed E-state index contributed by atoms with van der Waals surface area (Å²) in [6, 6.07) is -0.960. The van der Waals surface area contributed by atoms with E-state index in [1.807, 2.05) is 6.92 Å². The molecule has 3 unspecified atom stereocenters. The topological polar surface area (TPSA) is 78.4 Å². The lowest BCUT2D eigenvalue weighted by molar-refractivity contribution is -0.143. The first kappa shape index (κ1) is 15.4. The molecule has 1 fully saturated rings. The fourth-order valence-corrected chi connectivity index (χ4v) is 2.45. The van der Waals surface area contributed by atoms with Crippen LogP contribution in [0, 0.1) is 18.3 Å². The highest BCUT2D eigenvalue weighted by Crippen LogP contribution is 2.24. The molecule has 1 saturated carbocycles. The van der Waals surface area contributed by atoms with Crippen molar-refractivity contribution < 1.29 is 14.7 Å². The van der Waals surface area contributed by atoms with Crippen LogP contribution in [-0.4, -0.2) is 29.2 Å². The van der Waals surface area contributed by atoms with Crippen LogP contribution in [0.4, 0.5) is 4.79 Å². The third-order valence-electron chi connectivity index (χ3n) is 3.48. The summed E-state index contributed by atoms with van der Waals surface area (Å²) < 4.78 is 0. The molecule has 0 spiro atoms. The monoisotopic (exact) mass is 266 g/mol. The summed E-state index contributed by atoms with van der Waals surface area (Å²) in [6.07, 6.45) is 10.1. The molecule has 19 heavy (non-hydrogen) atoms. The Labute approximate surface area is 114 Å². The van der Waals surface area contributed by atoms with Gasteiger partial charge in [0.1, 0.15) is 0 Å². The predicted molar refractivity (Wildman–Crippen MR) is 72.6 cm³/mol. The molecule has 0 saturated heterocycles. The number of carboxylic acids is 1. The molecule has 1 aliphatic carbocycles.